The van der Waals surface area contributed by atoms with Gasteiger partial charge in [0.2, 0.25) is 5.91 Å². The Kier molecular flexibility index (Phi) is 5.46. The summed E-state index contributed by atoms with van der Waals surface area (Å²) in [4.78, 5) is 35.4. The number of hydrogen-bond donors (Lipinski definition) is 3. The number of carbonyl (C=O) groups excluding carboxylic acids is 1. The maximum atomic E-state index is 12.2. The SMILES string of the molecule is Cc1cn(-c2nccc3[nH]c(-c4n[nH]c5ccc(-c6cncc(NC(=O)CN(C)C)c6)cc45)nc23)cn1. The van der Waals surface area contributed by atoms with Crippen LogP contribution in [0.4, 0.5) is 5.69 Å². The predicted molar refractivity (Wildman–Crippen MR) is 141 cm³/mol. The van der Waals surface area contributed by atoms with Gasteiger partial charge < -0.3 is 15.2 Å². The van der Waals surface area contributed by atoms with Crippen molar-refractivity contribution in [1.82, 2.24) is 44.6 Å². The summed E-state index contributed by atoms with van der Waals surface area (Å²) in [5.74, 6) is 1.23. The molecule has 184 valence electrons. The van der Waals surface area contributed by atoms with E-state index in [0.29, 0.717) is 29.6 Å². The number of benzene rings is 1. The van der Waals surface area contributed by atoms with Crippen molar-refractivity contribution in [1.29, 1.82) is 0 Å². The van der Waals surface area contributed by atoms with Gasteiger partial charge in [0.05, 0.1) is 35.2 Å². The van der Waals surface area contributed by atoms with E-state index in [-0.39, 0.29) is 5.91 Å². The molecule has 0 radical (unpaired) electrons. The van der Waals surface area contributed by atoms with E-state index in [1.165, 1.54) is 0 Å². The van der Waals surface area contributed by atoms with Crippen LogP contribution >= 0.6 is 0 Å². The molecule has 0 aliphatic rings. The monoisotopic (exact) mass is 492 g/mol. The van der Waals surface area contributed by atoms with Crippen LogP contribution in [0.15, 0.2) is 61.4 Å². The lowest BCUT2D eigenvalue weighted by Crippen LogP contribution is -2.27. The maximum absolute atomic E-state index is 12.2. The van der Waals surface area contributed by atoms with Gasteiger partial charge in [-0.05, 0) is 50.8 Å². The molecule has 0 saturated carbocycles. The molecule has 1 aromatic carbocycles. The number of rotatable bonds is 6. The van der Waals surface area contributed by atoms with E-state index >= 15 is 0 Å². The van der Waals surface area contributed by atoms with Gasteiger partial charge in [0.15, 0.2) is 11.6 Å². The van der Waals surface area contributed by atoms with Crippen LogP contribution in [-0.2, 0) is 4.79 Å². The fraction of sp³-hybridized carbons (Fsp3) is 0.154. The topological polar surface area (TPSA) is 133 Å². The second kappa shape index (κ2) is 8.95. The number of aryl methyl sites for hydroxylation is 1. The maximum Gasteiger partial charge on any atom is 0.238 e. The molecule has 0 aliphatic heterocycles. The molecule has 11 heteroatoms. The van der Waals surface area contributed by atoms with Crippen LogP contribution in [0.3, 0.4) is 0 Å². The van der Waals surface area contributed by atoms with Gasteiger partial charge in [-0.15, -0.1) is 0 Å². The van der Waals surface area contributed by atoms with E-state index in [1.54, 1.807) is 24.9 Å². The number of fused-ring (bicyclic) bond motifs is 2. The number of amides is 1. The van der Waals surface area contributed by atoms with Crippen LogP contribution < -0.4 is 5.32 Å². The number of anilines is 1. The van der Waals surface area contributed by atoms with Gasteiger partial charge in [0, 0.05) is 29.5 Å². The Morgan fingerprint density at radius 2 is 1.97 bits per heavy atom. The van der Waals surface area contributed by atoms with Crippen molar-refractivity contribution < 1.29 is 4.79 Å². The molecule has 0 spiro atoms. The first-order valence-corrected chi connectivity index (χ1v) is 11.7. The average molecular weight is 493 g/mol. The summed E-state index contributed by atoms with van der Waals surface area (Å²) in [7, 11) is 3.70. The Hall–Kier alpha value is -4.90. The normalized spacial score (nSPS) is 11.6. The highest BCUT2D eigenvalue weighted by Gasteiger charge is 2.17. The number of aromatic amines is 2. The molecular weight excluding hydrogens is 468 g/mol. The zero-order chi connectivity index (χ0) is 25.5. The smallest absolute Gasteiger partial charge is 0.238 e. The van der Waals surface area contributed by atoms with Gasteiger partial charge in [0.1, 0.15) is 17.5 Å². The van der Waals surface area contributed by atoms with Gasteiger partial charge in [-0.25, -0.2) is 15.0 Å². The Labute approximate surface area is 211 Å². The summed E-state index contributed by atoms with van der Waals surface area (Å²) in [6, 6.07) is 9.81. The van der Waals surface area contributed by atoms with Crippen LogP contribution in [0, 0.1) is 6.92 Å². The highest BCUT2D eigenvalue weighted by atomic mass is 16.2. The summed E-state index contributed by atoms with van der Waals surface area (Å²) in [5.41, 5.74) is 6.52. The molecule has 6 rings (SSSR count). The van der Waals surface area contributed by atoms with Gasteiger partial charge >= 0.3 is 0 Å². The Bertz CT molecular complexity index is 1760. The van der Waals surface area contributed by atoms with Crippen LogP contribution in [0.5, 0.6) is 0 Å². The lowest BCUT2D eigenvalue weighted by molar-refractivity contribution is -0.116. The molecule has 1 amide bonds. The molecule has 5 heterocycles. The highest BCUT2D eigenvalue weighted by Crippen LogP contribution is 2.31. The molecule has 0 fully saturated rings. The summed E-state index contributed by atoms with van der Waals surface area (Å²) in [6.45, 7) is 2.23. The number of H-pyrrole nitrogens is 2. The Balaban J connectivity index is 1.38. The number of nitrogens with zero attached hydrogens (tertiary/aromatic N) is 7. The van der Waals surface area contributed by atoms with Gasteiger partial charge in [0.25, 0.3) is 0 Å². The Morgan fingerprint density at radius 3 is 2.78 bits per heavy atom. The molecule has 0 saturated heterocycles. The second-order valence-electron chi connectivity index (χ2n) is 9.12. The largest absolute Gasteiger partial charge is 0.336 e. The lowest BCUT2D eigenvalue weighted by atomic mass is 10.0. The van der Waals surface area contributed by atoms with Gasteiger partial charge in [-0.2, -0.15) is 5.10 Å². The minimum atomic E-state index is -0.0962. The van der Waals surface area contributed by atoms with E-state index in [9.17, 15) is 4.79 Å². The molecule has 0 aliphatic carbocycles. The zero-order valence-corrected chi connectivity index (χ0v) is 20.5. The molecule has 0 bridgehead atoms. The van der Waals surface area contributed by atoms with Gasteiger partial charge in [-0.3, -0.25) is 19.4 Å². The summed E-state index contributed by atoms with van der Waals surface area (Å²) in [5, 5.41) is 11.5. The molecule has 5 aromatic heterocycles. The molecule has 0 unspecified atom stereocenters. The quantitative estimate of drug-likeness (QED) is 0.324. The lowest BCUT2D eigenvalue weighted by Gasteiger charge is -2.11. The fourth-order valence-corrected chi connectivity index (χ4v) is 4.29. The third-order valence-electron chi connectivity index (χ3n) is 5.94. The fourth-order valence-electron chi connectivity index (χ4n) is 4.29. The number of nitrogens with one attached hydrogen (secondary N) is 3. The predicted octanol–water partition coefficient (Wildman–Crippen LogP) is 3.56. The highest BCUT2D eigenvalue weighted by molar-refractivity contribution is 5.97. The van der Waals surface area contributed by atoms with Crippen molar-refractivity contribution >= 4 is 33.5 Å². The third kappa shape index (κ3) is 4.32. The standard InChI is InChI=1S/C26H24N10O/c1-15-12-36(14-29-15)26-24-21(6-7-28-26)31-25(32-24)23-19-9-16(4-5-20(19)33-34-23)17-8-18(11-27-10-17)30-22(37)13-35(2)3/h4-12,14H,13H2,1-3H3,(H,30,37)(H,31,32)(H,33,34). The molecule has 11 nitrogen and oxygen atoms in total. The van der Waals surface area contributed by atoms with Gasteiger partial charge in [-0.1, -0.05) is 6.07 Å². The van der Waals surface area contributed by atoms with Crippen LogP contribution in [0.1, 0.15) is 5.69 Å². The van der Waals surface area contributed by atoms with Crippen molar-refractivity contribution in [2.45, 2.75) is 6.92 Å². The molecule has 0 atom stereocenters. The van der Waals surface area contributed by atoms with Crippen LogP contribution in [-0.4, -0.2) is 71.1 Å². The molecule has 37 heavy (non-hydrogen) atoms. The van der Waals surface area contributed by atoms with Crippen molar-refractivity contribution in [3.05, 3.63) is 67.1 Å². The van der Waals surface area contributed by atoms with E-state index in [1.807, 2.05) is 67.0 Å². The summed E-state index contributed by atoms with van der Waals surface area (Å²) in [6.07, 6.45) is 8.80. The van der Waals surface area contributed by atoms with E-state index in [0.717, 1.165) is 38.8 Å². The average Bonchev–Trinajstić information content (AvgIpc) is 3.60. The van der Waals surface area contributed by atoms with Crippen molar-refractivity contribution in [2.24, 2.45) is 0 Å². The minimum Gasteiger partial charge on any atom is -0.336 e. The van der Waals surface area contributed by atoms with E-state index in [4.69, 9.17) is 4.98 Å². The summed E-state index contributed by atoms with van der Waals surface area (Å²) >= 11 is 0. The first-order valence-electron chi connectivity index (χ1n) is 11.7. The number of imidazole rings is 2. The molecule has 3 N–H and O–H groups in total. The van der Waals surface area contributed by atoms with Crippen LogP contribution in [0.25, 0.3) is 50.4 Å². The van der Waals surface area contributed by atoms with Crippen molar-refractivity contribution in [3.63, 3.8) is 0 Å². The van der Waals surface area contributed by atoms with Crippen molar-refractivity contribution in [2.75, 3.05) is 26.0 Å². The number of hydrogen-bond acceptors (Lipinski definition) is 7. The second-order valence-corrected chi connectivity index (χ2v) is 9.12. The molecule has 6 aromatic rings. The number of likely N-dealkylation sites (N-methyl/N-ethyl adjacent to an activating group) is 1. The van der Waals surface area contributed by atoms with Crippen molar-refractivity contribution in [3.8, 4) is 28.5 Å². The van der Waals surface area contributed by atoms with E-state index < -0.39 is 0 Å². The third-order valence-corrected chi connectivity index (χ3v) is 5.94. The molecular formula is C26H24N10O. The number of pyridine rings is 2. The number of aromatic nitrogens is 8. The number of carbonyl (C=O) groups is 1. The Morgan fingerprint density at radius 1 is 1.08 bits per heavy atom. The summed E-state index contributed by atoms with van der Waals surface area (Å²) < 4.78 is 1.86. The minimum absolute atomic E-state index is 0.0962. The van der Waals surface area contributed by atoms with E-state index in [2.05, 4.69) is 35.5 Å². The first kappa shape index (κ1) is 22.6. The zero-order valence-electron chi connectivity index (χ0n) is 20.5. The van der Waals surface area contributed by atoms with Crippen LogP contribution in [0.2, 0.25) is 0 Å². The first-order chi connectivity index (χ1) is 17.9.